The van der Waals surface area contributed by atoms with Crippen LogP contribution in [0.25, 0.3) is 0 Å². The maximum atomic E-state index is 13.2. The van der Waals surface area contributed by atoms with Crippen molar-refractivity contribution in [3.05, 3.63) is 59.2 Å². The summed E-state index contributed by atoms with van der Waals surface area (Å²) in [4.78, 5) is 43.0. The van der Waals surface area contributed by atoms with Gasteiger partial charge in [0.25, 0.3) is 17.7 Å². The highest BCUT2D eigenvalue weighted by Gasteiger charge is 2.41. The van der Waals surface area contributed by atoms with Crippen LogP contribution in [-0.4, -0.2) is 65.9 Å². The molecule has 184 valence electrons. The van der Waals surface area contributed by atoms with E-state index >= 15 is 0 Å². The molecular weight excluding hydrogens is 462 g/mol. The molecule has 35 heavy (non-hydrogen) atoms. The number of nitrogens with one attached hydrogen (secondary N) is 1. The number of amides is 3. The molecule has 0 bridgehead atoms. The monoisotopic (exact) mass is 493 g/mol. The lowest BCUT2D eigenvalue weighted by atomic mass is 9.94. The molecule has 2 aromatic rings. The van der Waals surface area contributed by atoms with Crippen LogP contribution in [-0.2, 0) is 0 Å². The average molecular weight is 494 g/mol. The molecule has 8 heteroatoms. The molecule has 2 fully saturated rings. The number of fused-ring (bicyclic) bond motifs is 1. The SMILES string of the molecule is CCOc1ccc(N2C(=O)c3ccc(C(=O)NCC4(N5CCSCC5)CCCC4)cc3C2=O)cc1. The quantitative estimate of drug-likeness (QED) is 0.588. The second-order valence-electron chi connectivity index (χ2n) is 9.35. The highest BCUT2D eigenvalue weighted by molar-refractivity contribution is 7.99. The molecule has 7 nitrogen and oxygen atoms in total. The van der Waals surface area contributed by atoms with Gasteiger partial charge in [-0.1, -0.05) is 12.8 Å². The van der Waals surface area contributed by atoms with Crippen molar-refractivity contribution in [2.75, 3.05) is 42.6 Å². The lowest BCUT2D eigenvalue weighted by molar-refractivity contribution is 0.0817. The van der Waals surface area contributed by atoms with Crippen molar-refractivity contribution in [3.63, 3.8) is 0 Å². The molecule has 0 unspecified atom stereocenters. The Balaban J connectivity index is 1.31. The first-order chi connectivity index (χ1) is 17.0. The van der Waals surface area contributed by atoms with E-state index in [9.17, 15) is 14.4 Å². The van der Waals surface area contributed by atoms with E-state index in [4.69, 9.17) is 4.74 Å². The summed E-state index contributed by atoms with van der Waals surface area (Å²) in [6.07, 6.45) is 4.59. The zero-order valence-electron chi connectivity index (χ0n) is 20.0. The number of benzene rings is 2. The van der Waals surface area contributed by atoms with E-state index in [-0.39, 0.29) is 22.9 Å². The van der Waals surface area contributed by atoms with Gasteiger partial charge in [-0.2, -0.15) is 11.8 Å². The number of ether oxygens (including phenoxy) is 1. The minimum atomic E-state index is -0.415. The molecule has 1 aliphatic carbocycles. The van der Waals surface area contributed by atoms with E-state index in [1.54, 1.807) is 42.5 Å². The predicted molar refractivity (Wildman–Crippen MR) is 138 cm³/mol. The summed E-state index contributed by atoms with van der Waals surface area (Å²) in [5, 5.41) is 3.15. The molecule has 1 saturated carbocycles. The number of carbonyl (C=O) groups is 3. The first-order valence-corrected chi connectivity index (χ1v) is 13.5. The fourth-order valence-corrected chi connectivity index (χ4v) is 6.40. The molecule has 0 aromatic heterocycles. The van der Waals surface area contributed by atoms with Gasteiger partial charge in [-0.15, -0.1) is 0 Å². The Morgan fingerprint density at radius 3 is 2.37 bits per heavy atom. The van der Waals surface area contributed by atoms with Crippen molar-refractivity contribution in [2.24, 2.45) is 0 Å². The maximum absolute atomic E-state index is 13.2. The van der Waals surface area contributed by atoms with E-state index in [0.29, 0.717) is 35.7 Å². The van der Waals surface area contributed by atoms with Gasteiger partial charge in [-0.25, -0.2) is 4.90 Å². The molecule has 1 N–H and O–H groups in total. The summed E-state index contributed by atoms with van der Waals surface area (Å²) in [5.41, 5.74) is 1.50. The zero-order chi connectivity index (χ0) is 24.4. The van der Waals surface area contributed by atoms with Gasteiger partial charge < -0.3 is 10.1 Å². The Labute approximate surface area is 210 Å². The number of anilines is 1. The molecule has 3 aliphatic rings. The third-order valence-electron chi connectivity index (χ3n) is 7.35. The van der Waals surface area contributed by atoms with Gasteiger partial charge in [0.15, 0.2) is 0 Å². The van der Waals surface area contributed by atoms with E-state index < -0.39 is 5.91 Å². The molecule has 5 rings (SSSR count). The topological polar surface area (TPSA) is 79.0 Å². The van der Waals surface area contributed by atoms with Gasteiger partial charge in [0.05, 0.1) is 23.4 Å². The minimum absolute atomic E-state index is 0.0314. The third-order valence-corrected chi connectivity index (χ3v) is 8.29. The van der Waals surface area contributed by atoms with Gasteiger partial charge >= 0.3 is 0 Å². The third kappa shape index (κ3) is 4.57. The molecule has 2 aliphatic heterocycles. The standard InChI is InChI=1S/C27H31N3O4S/c1-2-34-21-8-6-20(7-9-21)30-25(32)22-10-5-19(17-23(22)26(30)33)24(31)28-18-27(11-3-4-12-27)29-13-15-35-16-14-29/h5-10,17H,2-4,11-16,18H2,1H3,(H,28,31). The van der Waals surface area contributed by atoms with Gasteiger partial charge in [0.1, 0.15) is 5.75 Å². The Morgan fingerprint density at radius 1 is 1.00 bits per heavy atom. The zero-order valence-corrected chi connectivity index (χ0v) is 20.9. The number of thioether (sulfide) groups is 1. The summed E-state index contributed by atoms with van der Waals surface area (Å²) in [7, 11) is 0. The lowest BCUT2D eigenvalue weighted by Gasteiger charge is -2.43. The van der Waals surface area contributed by atoms with Crippen LogP contribution in [0.2, 0.25) is 0 Å². The predicted octanol–water partition coefficient (Wildman–Crippen LogP) is 3.98. The average Bonchev–Trinajstić information content (AvgIpc) is 3.47. The van der Waals surface area contributed by atoms with E-state index in [2.05, 4.69) is 10.2 Å². The molecule has 0 radical (unpaired) electrons. The van der Waals surface area contributed by atoms with Crippen LogP contribution in [0.15, 0.2) is 42.5 Å². The summed E-state index contributed by atoms with van der Waals surface area (Å²) in [6.45, 7) is 5.18. The van der Waals surface area contributed by atoms with Crippen LogP contribution in [0.4, 0.5) is 5.69 Å². The highest BCUT2D eigenvalue weighted by Crippen LogP contribution is 2.36. The first kappa shape index (κ1) is 23.9. The van der Waals surface area contributed by atoms with E-state index in [0.717, 1.165) is 42.3 Å². The van der Waals surface area contributed by atoms with Crippen molar-refractivity contribution in [1.82, 2.24) is 10.2 Å². The Hall–Kier alpha value is -2.84. The van der Waals surface area contributed by atoms with Crippen molar-refractivity contribution in [2.45, 2.75) is 38.1 Å². The molecule has 0 atom stereocenters. The second kappa shape index (κ2) is 10.0. The van der Waals surface area contributed by atoms with Gasteiger partial charge in [0.2, 0.25) is 0 Å². The minimum Gasteiger partial charge on any atom is -0.494 e. The highest BCUT2D eigenvalue weighted by atomic mass is 32.2. The molecule has 2 heterocycles. The van der Waals surface area contributed by atoms with Crippen LogP contribution >= 0.6 is 11.8 Å². The van der Waals surface area contributed by atoms with Crippen LogP contribution in [0, 0.1) is 0 Å². The van der Waals surface area contributed by atoms with Gasteiger partial charge in [-0.05, 0) is 62.2 Å². The number of hydrogen-bond donors (Lipinski definition) is 1. The lowest BCUT2D eigenvalue weighted by Crippen LogP contribution is -2.56. The van der Waals surface area contributed by atoms with Crippen molar-refractivity contribution in [1.29, 1.82) is 0 Å². The molecule has 0 spiro atoms. The summed E-state index contributed by atoms with van der Waals surface area (Å²) in [5.74, 6) is 1.96. The molecule has 3 amide bonds. The number of carbonyl (C=O) groups excluding carboxylic acids is 3. The van der Waals surface area contributed by atoms with Crippen LogP contribution in [0.3, 0.4) is 0 Å². The normalized spacial score (nSPS) is 19.6. The van der Waals surface area contributed by atoms with Gasteiger partial charge in [0, 0.05) is 42.2 Å². The second-order valence-corrected chi connectivity index (χ2v) is 10.6. The fourth-order valence-electron chi connectivity index (χ4n) is 5.50. The maximum Gasteiger partial charge on any atom is 0.266 e. The summed E-state index contributed by atoms with van der Waals surface area (Å²) >= 11 is 1.99. The largest absolute Gasteiger partial charge is 0.494 e. The Morgan fingerprint density at radius 2 is 1.69 bits per heavy atom. The number of imide groups is 1. The number of nitrogens with zero attached hydrogens (tertiary/aromatic N) is 2. The van der Waals surface area contributed by atoms with Crippen molar-refractivity contribution < 1.29 is 19.1 Å². The van der Waals surface area contributed by atoms with Crippen LogP contribution in [0.1, 0.15) is 63.7 Å². The number of hydrogen-bond acceptors (Lipinski definition) is 6. The Kier molecular flexibility index (Phi) is 6.84. The number of rotatable bonds is 7. The van der Waals surface area contributed by atoms with Crippen LogP contribution in [0.5, 0.6) is 5.75 Å². The molecule has 1 saturated heterocycles. The van der Waals surface area contributed by atoms with Crippen molar-refractivity contribution >= 4 is 35.2 Å². The summed E-state index contributed by atoms with van der Waals surface area (Å²) < 4.78 is 5.45. The first-order valence-electron chi connectivity index (χ1n) is 12.4. The molecule has 2 aromatic carbocycles. The van der Waals surface area contributed by atoms with E-state index in [1.807, 2.05) is 18.7 Å². The van der Waals surface area contributed by atoms with Crippen molar-refractivity contribution in [3.8, 4) is 5.75 Å². The summed E-state index contributed by atoms with van der Waals surface area (Å²) in [6, 6.07) is 11.6. The smallest absolute Gasteiger partial charge is 0.266 e. The fraction of sp³-hybridized carbons (Fsp3) is 0.444. The Bertz CT molecular complexity index is 1120. The van der Waals surface area contributed by atoms with E-state index in [1.165, 1.54) is 12.8 Å². The van der Waals surface area contributed by atoms with Crippen LogP contribution < -0.4 is 15.0 Å². The molecular formula is C27H31N3O4S. The van der Waals surface area contributed by atoms with Gasteiger partial charge in [-0.3, -0.25) is 19.3 Å².